The first-order valence-electron chi connectivity index (χ1n) is 6.28. The lowest BCUT2D eigenvalue weighted by atomic mass is 10.2. The second-order valence-electron chi connectivity index (χ2n) is 4.74. The highest BCUT2D eigenvalue weighted by Crippen LogP contribution is 2.22. The Morgan fingerprint density at radius 3 is 2.71 bits per heavy atom. The highest BCUT2D eigenvalue weighted by Gasteiger charge is 2.34. The summed E-state index contributed by atoms with van der Waals surface area (Å²) in [5, 5.41) is 2.97. The van der Waals surface area contributed by atoms with Crippen LogP contribution in [-0.4, -0.2) is 48.3 Å². The number of nitrogens with zero attached hydrogens (tertiary/aromatic N) is 2. The van der Waals surface area contributed by atoms with Gasteiger partial charge < -0.3 is 10.1 Å². The lowest BCUT2D eigenvalue weighted by molar-refractivity contribution is -0.143. The van der Waals surface area contributed by atoms with E-state index < -0.39 is 19.3 Å². The van der Waals surface area contributed by atoms with Gasteiger partial charge in [-0.05, 0) is 18.6 Å². The summed E-state index contributed by atoms with van der Waals surface area (Å²) in [5.74, 6) is 0.344. The van der Waals surface area contributed by atoms with Gasteiger partial charge in [0.25, 0.3) is 0 Å². The van der Waals surface area contributed by atoms with Gasteiger partial charge in [-0.2, -0.15) is 22.0 Å². The number of halogens is 5. The lowest BCUT2D eigenvalue weighted by Gasteiger charge is -2.18. The molecule has 0 aromatic carbocycles. The largest absolute Gasteiger partial charge is 0.433 e. The molecule has 0 spiro atoms. The van der Waals surface area contributed by atoms with Crippen LogP contribution in [0.15, 0.2) is 18.3 Å². The van der Waals surface area contributed by atoms with Gasteiger partial charge in [0.15, 0.2) is 0 Å². The van der Waals surface area contributed by atoms with Crippen molar-refractivity contribution in [2.45, 2.75) is 25.3 Å². The highest BCUT2D eigenvalue weighted by atomic mass is 19.4. The van der Waals surface area contributed by atoms with Crippen LogP contribution >= 0.6 is 0 Å². The third-order valence-electron chi connectivity index (χ3n) is 2.99. The number of pyridine rings is 1. The Bertz CT molecular complexity index is 451. The normalized spacial score (nSPS) is 20.0. The van der Waals surface area contributed by atoms with Gasteiger partial charge in [-0.25, -0.2) is 4.98 Å². The molecule has 1 aliphatic heterocycles. The van der Waals surface area contributed by atoms with E-state index in [1.807, 2.05) is 0 Å². The minimum absolute atomic E-state index is 0.0688. The Morgan fingerprint density at radius 2 is 2.14 bits per heavy atom. The summed E-state index contributed by atoms with van der Waals surface area (Å²) in [7, 11) is 0. The molecule has 1 N–H and O–H groups in total. The summed E-state index contributed by atoms with van der Waals surface area (Å²) >= 11 is 0. The van der Waals surface area contributed by atoms with Gasteiger partial charge in [0.2, 0.25) is 0 Å². The standard InChI is InChI=1S/C12H14F5N3O/c13-11(14)21-9-1-2-10(18-5-9)19-8-3-4-20(6-8)7-12(15,16)17/h1-2,5,8,11H,3-4,6-7H2,(H,18,19). The van der Waals surface area contributed by atoms with E-state index in [1.165, 1.54) is 17.0 Å². The zero-order chi connectivity index (χ0) is 15.5. The molecule has 1 unspecified atom stereocenters. The molecular formula is C12H14F5N3O. The molecule has 0 bridgehead atoms. The van der Waals surface area contributed by atoms with Gasteiger partial charge in [-0.3, -0.25) is 4.90 Å². The molecule has 2 rings (SSSR count). The molecule has 0 radical (unpaired) electrons. The SMILES string of the molecule is FC(F)Oc1ccc(NC2CCN(CC(F)(F)F)C2)nc1. The summed E-state index contributed by atoms with van der Waals surface area (Å²) in [6.07, 6.45) is -2.51. The van der Waals surface area contributed by atoms with Crippen molar-refractivity contribution in [3.8, 4) is 5.75 Å². The molecule has 1 fully saturated rings. The van der Waals surface area contributed by atoms with Crippen molar-refractivity contribution in [1.29, 1.82) is 0 Å². The maximum atomic E-state index is 12.3. The number of alkyl halides is 5. The van der Waals surface area contributed by atoms with Gasteiger partial charge in [0.05, 0.1) is 12.7 Å². The molecule has 1 aliphatic rings. The number of ether oxygens (including phenoxy) is 1. The fourth-order valence-corrected chi connectivity index (χ4v) is 2.20. The number of hydrogen-bond donors (Lipinski definition) is 1. The van der Waals surface area contributed by atoms with Crippen LogP contribution in [0.4, 0.5) is 27.8 Å². The van der Waals surface area contributed by atoms with Gasteiger partial charge in [0, 0.05) is 19.1 Å². The number of aromatic nitrogens is 1. The Hall–Kier alpha value is -1.64. The molecule has 9 heteroatoms. The fraction of sp³-hybridized carbons (Fsp3) is 0.583. The van der Waals surface area contributed by atoms with Crippen LogP contribution in [0.25, 0.3) is 0 Å². The van der Waals surface area contributed by atoms with E-state index in [1.54, 1.807) is 0 Å². The first-order chi connectivity index (χ1) is 9.82. The van der Waals surface area contributed by atoms with Crippen molar-refractivity contribution in [2.24, 2.45) is 0 Å². The van der Waals surface area contributed by atoms with E-state index in [0.29, 0.717) is 18.8 Å². The predicted molar refractivity (Wildman–Crippen MR) is 65.4 cm³/mol. The molecule has 0 saturated carbocycles. The van der Waals surface area contributed by atoms with Crippen molar-refractivity contribution in [3.05, 3.63) is 18.3 Å². The average molecular weight is 311 g/mol. The van der Waals surface area contributed by atoms with E-state index in [4.69, 9.17) is 0 Å². The Morgan fingerprint density at radius 1 is 1.38 bits per heavy atom. The maximum Gasteiger partial charge on any atom is 0.401 e. The van der Waals surface area contributed by atoms with Crippen LogP contribution in [-0.2, 0) is 0 Å². The highest BCUT2D eigenvalue weighted by molar-refractivity contribution is 5.38. The first kappa shape index (κ1) is 15.7. The second kappa shape index (κ2) is 6.42. The van der Waals surface area contributed by atoms with Gasteiger partial charge in [-0.15, -0.1) is 0 Å². The molecular weight excluding hydrogens is 297 g/mol. The number of likely N-dealkylation sites (tertiary alicyclic amines) is 1. The van der Waals surface area contributed by atoms with E-state index in [0.717, 1.165) is 6.20 Å². The quantitative estimate of drug-likeness (QED) is 0.849. The number of rotatable bonds is 5. The van der Waals surface area contributed by atoms with Crippen molar-refractivity contribution in [1.82, 2.24) is 9.88 Å². The van der Waals surface area contributed by atoms with Crippen molar-refractivity contribution in [2.75, 3.05) is 25.0 Å². The topological polar surface area (TPSA) is 37.4 Å². The van der Waals surface area contributed by atoms with E-state index in [2.05, 4.69) is 15.0 Å². The van der Waals surface area contributed by atoms with Crippen LogP contribution in [0.5, 0.6) is 5.75 Å². The van der Waals surface area contributed by atoms with Gasteiger partial charge in [-0.1, -0.05) is 0 Å². The maximum absolute atomic E-state index is 12.3. The van der Waals surface area contributed by atoms with Crippen LogP contribution in [0, 0.1) is 0 Å². The minimum atomic E-state index is -4.21. The lowest BCUT2D eigenvalue weighted by Crippen LogP contribution is -2.34. The third kappa shape index (κ3) is 5.33. The summed E-state index contributed by atoms with van der Waals surface area (Å²) in [4.78, 5) is 5.20. The fourth-order valence-electron chi connectivity index (χ4n) is 2.20. The summed E-state index contributed by atoms with van der Waals surface area (Å²) < 4.78 is 64.9. The molecule has 1 atom stereocenters. The number of hydrogen-bond acceptors (Lipinski definition) is 4. The van der Waals surface area contributed by atoms with Crippen LogP contribution in [0.3, 0.4) is 0 Å². The average Bonchev–Trinajstić information content (AvgIpc) is 2.76. The Labute approximate surface area is 117 Å². The Balaban J connectivity index is 1.83. The molecule has 4 nitrogen and oxygen atoms in total. The zero-order valence-electron chi connectivity index (χ0n) is 10.9. The smallest absolute Gasteiger partial charge is 0.401 e. The first-order valence-corrected chi connectivity index (χ1v) is 6.28. The monoisotopic (exact) mass is 311 g/mol. The molecule has 1 aromatic heterocycles. The molecule has 2 heterocycles. The number of nitrogens with one attached hydrogen (secondary N) is 1. The van der Waals surface area contributed by atoms with Crippen molar-refractivity contribution >= 4 is 5.82 Å². The molecule has 21 heavy (non-hydrogen) atoms. The molecule has 1 aromatic rings. The molecule has 118 valence electrons. The summed E-state index contributed by atoms with van der Waals surface area (Å²) in [6, 6.07) is 2.62. The van der Waals surface area contributed by atoms with Crippen LogP contribution in [0.2, 0.25) is 0 Å². The van der Waals surface area contributed by atoms with E-state index >= 15 is 0 Å². The van der Waals surface area contributed by atoms with Gasteiger partial charge >= 0.3 is 12.8 Å². The summed E-state index contributed by atoms with van der Waals surface area (Å²) in [5.41, 5.74) is 0. The second-order valence-corrected chi connectivity index (χ2v) is 4.74. The van der Waals surface area contributed by atoms with E-state index in [9.17, 15) is 22.0 Å². The number of anilines is 1. The van der Waals surface area contributed by atoms with Crippen LogP contribution in [0.1, 0.15) is 6.42 Å². The molecule has 0 amide bonds. The van der Waals surface area contributed by atoms with E-state index in [-0.39, 0.29) is 18.3 Å². The van der Waals surface area contributed by atoms with Crippen molar-refractivity contribution in [3.63, 3.8) is 0 Å². The molecule has 1 saturated heterocycles. The Kier molecular flexibility index (Phi) is 4.81. The third-order valence-corrected chi connectivity index (χ3v) is 2.99. The minimum Gasteiger partial charge on any atom is -0.433 e. The summed E-state index contributed by atoms with van der Waals surface area (Å²) in [6.45, 7) is -3.24. The molecule has 0 aliphatic carbocycles. The van der Waals surface area contributed by atoms with Crippen molar-refractivity contribution < 1.29 is 26.7 Å². The zero-order valence-corrected chi connectivity index (χ0v) is 10.9. The van der Waals surface area contributed by atoms with Crippen LogP contribution < -0.4 is 10.1 Å². The van der Waals surface area contributed by atoms with Gasteiger partial charge in [0.1, 0.15) is 11.6 Å². The predicted octanol–water partition coefficient (Wildman–Crippen LogP) is 2.73.